The molecule has 0 spiro atoms. The van der Waals surface area contributed by atoms with Crippen LogP contribution < -0.4 is 16.0 Å². The van der Waals surface area contributed by atoms with Gasteiger partial charge in [-0.05, 0) is 42.4 Å². The number of rotatable bonds is 11. The third kappa shape index (κ3) is 8.02. The summed E-state index contributed by atoms with van der Waals surface area (Å²) >= 11 is 0. The first kappa shape index (κ1) is 24.4. The van der Waals surface area contributed by atoms with Crippen molar-refractivity contribution in [1.29, 1.82) is 5.26 Å². The number of epoxide rings is 1. The molecular formula is C23H32N4O4. The third-order valence-electron chi connectivity index (χ3n) is 4.89. The van der Waals surface area contributed by atoms with Crippen LogP contribution in [0, 0.1) is 23.2 Å². The van der Waals surface area contributed by atoms with Gasteiger partial charge in [0.1, 0.15) is 6.04 Å². The zero-order valence-electron chi connectivity index (χ0n) is 18.6. The first-order chi connectivity index (χ1) is 14.7. The van der Waals surface area contributed by atoms with Crippen molar-refractivity contribution in [2.75, 3.05) is 6.54 Å². The van der Waals surface area contributed by atoms with Crippen LogP contribution in [-0.4, -0.2) is 42.5 Å². The van der Waals surface area contributed by atoms with Crippen molar-refractivity contribution in [3.63, 3.8) is 0 Å². The predicted octanol–water partition coefficient (Wildman–Crippen LogP) is 1.64. The van der Waals surface area contributed by atoms with Gasteiger partial charge in [0.15, 0.2) is 12.2 Å². The number of benzene rings is 1. The van der Waals surface area contributed by atoms with Gasteiger partial charge in [0.2, 0.25) is 5.91 Å². The van der Waals surface area contributed by atoms with Crippen LogP contribution in [0.5, 0.6) is 0 Å². The molecule has 1 aliphatic rings. The summed E-state index contributed by atoms with van der Waals surface area (Å²) in [6.45, 7) is 8.90. The number of carbonyl (C=O) groups is 3. The van der Waals surface area contributed by atoms with Crippen LogP contribution in [0.25, 0.3) is 0 Å². The van der Waals surface area contributed by atoms with Gasteiger partial charge in [-0.3, -0.25) is 14.4 Å². The number of nitrogens with one attached hydrogen (secondary N) is 3. The number of nitrogens with zero attached hydrogens (tertiary/aromatic N) is 1. The van der Waals surface area contributed by atoms with E-state index in [2.05, 4.69) is 29.8 Å². The maximum atomic E-state index is 12.5. The number of amides is 3. The van der Waals surface area contributed by atoms with Gasteiger partial charge < -0.3 is 20.7 Å². The number of nitriles is 1. The van der Waals surface area contributed by atoms with E-state index in [1.165, 1.54) is 0 Å². The molecule has 1 aliphatic heterocycles. The van der Waals surface area contributed by atoms with Crippen molar-refractivity contribution in [2.24, 2.45) is 11.8 Å². The number of hydrogen-bond acceptors (Lipinski definition) is 5. The smallest absolute Gasteiger partial charge is 0.253 e. The fourth-order valence-corrected chi connectivity index (χ4v) is 3.12. The molecular weight excluding hydrogens is 396 g/mol. The van der Waals surface area contributed by atoms with E-state index in [9.17, 15) is 14.4 Å². The second-order valence-corrected chi connectivity index (χ2v) is 8.67. The Morgan fingerprint density at radius 2 is 1.77 bits per heavy atom. The molecule has 0 bridgehead atoms. The fourth-order valence-electron chi connectivity index (χ4n) is 3.12. The van der Waals surface area contributed by atoms with E-state index in [1.807, 2.05) is 19.9 Å². The van der Waals surface area contributed by atoms with Gasteiger partial charge in [0.05, 0.1) is 11.6 Å². The number of ether oxygens (including phenoxy) is 1. The summed E-state index contributed by atoms with van der Waals surface area (Å²) in [6.07, 6.45) is -0.413. The highest BCUT2D eigenvalue weighted by atomic mass is 16.6. The molecule has 2 rings (SSSR count). The van der Waals surface area contributed by atoms with E-state index < -0.39 is 30.1 Å². The summed E-state index contributed by atoms with van der Waals surface area (Å²) in [5.41, 5.74) is 1.29. The normalized spacial score (nSPS) is 18.2. The molecule has 0 radical (unpaired) electrons. The van der Waals surface area contributed by atoms with Gasteiger partial charge in [-0.25, -0.2) is 0 Å². The topological polar surface area (TPSA) is 124 Å². The van der Waals surface area contributed by atoms with Gasteiger partial charge in [0.25, 0.3) is 11.8 Å². The van der Waals surface area contributed by atoms with Crippen LogP contribution in [0.15, 0.2) is 24.3 Å². The average Bonchev–Trinajstić information content (AvgIpc) is 3.52. The van der Waals surface area contributed by atoms with Crippen molar-refractivity contribution >= 4 is 17.7 Å². The molecule has 1 saturated heterocycles. The lowest BCUT2D eigenvalue weighted by Gasteiger charge is -2.20. The summed E-state index contributed by atoms with van der Waals surface area (Å²) < 4.78 is 5.26. The molecule has 1 heterocycles. The van der Waals surface area contributed by atoms with E-state index in [1.54, 1.807) is 24.3 Å². The Kier molecular flexibility index (Phi) is 9.01. The van der Waals surface area contributed by atoms with Gasteiger partial charge in [0, 0.05) is 13.1 Å². The summed E-state index contributed by atoms with van der Waals surface area (Å²) in [6, 6.07) is 8.29. The molecule has 0 saturated carbocycles. The lowest BCUT2D eigenvalue weighted by Crippen LogP contribution is -2.49. The van der Waals surface area contributed by atoms with Crippen LogP contribution in [0.2, 0.25) is 0 Å². The summed E-state index contributed by atoms with van der Waals surface area (Å²) in [5.74, 6) is -0.396. The minimum Gasteiger partial charge on any atom is -0.354 e. The van der Waals surface area contributed by atoms with Crippen LogP contribution in [-0.2, 0) is 25.7 Å². The molecule has 1 aromatic carbocycles. The second kappa shape index (κ2) is 11.5. The monoisotopic (exact) mass is 428 g/mol. The molecule has 168 valence electrons. The molecule has 3 atom stereocenters. The van der Waals surface area contributed by atoms with Gasteiger partial charge in [-0.2, -0.15) is 5.26 Å². The second-order valence-electron chi connectivity index (χ2n) is 8.67. The SMILES string of the molecule is CC(C)CCNC(=O)[C@H](CC(C)C)NC(=O)[C@H]1O[C@@H]1C(=O)NCc1cccc(C#N)c1. The Balaban J connectivity index is 1.84. The quantitative estimate of drug-likeness (QED) is 0.462. The molecule has 0 aromatic heterocycles. The van der Waals surface area contributed by atoms with Gasteiger partial charge in [-0.1, -0.05) is 39.8 Å². The molecule has 8 nitrogen and oxygen atoms in total. The first-order valence-corrected chi connectivity index (χ1v) is 10.7. The highest BCUT2D eigenvalue weighted by molar-refractivity contribution is 5.97. The van der Waals surface area contributed by atoms with E-state index in [4.69, 9.17) is 10.00 Å². The molecule has 8 heteroatoms. The molecule has 0 aliphatic carbocycles. The van der Waals surface area contributed by atoms with Crippen molar-refractivity contribution in [1.82, 2.24) is 16.0 Å². The van der Waals surface area contributed by atoms with Crippen molar-refractivity contribution in [2.45, 2.75) is 65.3 Å². The lowest BCUT2D eigenvalue weighted by molar-refractivity contribution is -0.130. The summed E-state index contributed by atoms with van der Waals surface area (Å²) in [4.78, 5) is 37.3. The van der Waals surface area contributed by atoms with Crippen molar-refractivity contribution in [3.8, 4) is 6.07 Å². The minimum atomic E-state index is -0.899. The summed E-state index contributed by atoms with van der Waals surface area (Å²) in [5, 5.41) is 17.3. The molecule has 3 N–H and O–H groups in total. The minimum absolute atomic E-state index is 0.213. The summed E-state index contributed by atoms with van der Waals surface area (Å²) in [7, 11) is 0. The lowest BCUT2D eigenvalue weighted by atomic mass is 10.0. The van der Waals surface area contributed by atoms with Crippen molar-refractivity contribution < 1.29 is 19.1 Å². The Bertz CT molecular complexity index is 831. The Hall–Kier alpha value is -2.92. The zero-order chi connectivity index (χ0) is 23.0. The van der Waals surface area contributed by atoms with Crippen LogP contribution in [0.1, 0.15) is 51.7 Å². The van der Waals surface area contributed by atoms with Gasteiger partial charge >= 0.3 is 0 Å². The number of carbonyl (C=O) groups excluding carboxylic acids is 3. The standard InChI is InChI=1S/C23H32N4O4/c1-14(2)8-9-25-21(28)18(10-15(3)4)27-23(30)20-19(31-20)22(29)26-13-17-7-5-6-16(11-17)12-24/h5-7,11,14-15,18-20H,8-10,13H2,1-4H3,(H,25,28)(H,26,29)(H,27,30)/t18-,19-,20-/m0/s1. The molecule has 1 fully saturated rings. The zero-order valence-corrected chi connectivity index (χ0v) is 18.6. The maximum Gasteiger partial charge on any atom is 0.253 e. The van der Waals surface area contributed by atoms with Crippen LogP contribution in [0.3, 0.4) is 0 Å². The predicted molar refractivity (Wildman–Crippen MR) is 116 cm³/mol. The van der Waals surface area contributed by atoms with Crippen LogP contribution in [0.4, 0.5) is 0 Å². The number of hydrogen-bond donors (Lipinski definition) is 3. The fraction of sp³-hybridized carbons (Fsp3) is 0.565. The third-order valence-corrected chi connectivity index (χ3v) is 4.89. The maximum absolute atomic E-state index is 12.5. The van der Waals surface area contributed by atoms with E-state index in [0.717, 1.165) is 12.0 Å². The largest absolute Gasteiger partial charge is 0.354 e. The average molecular weight is 429 g/mol. The van der Waals surface area contributed by atoms with Crippen LogP contribution >= 0.6 is 0 Å². The van der Waals surface area contributed by atoms with E-state index in [0.29, 0.717) is 24.4 Å². The van der Waals surface area contributed by atoms with E-state index in [-0.39, 0.29) is 18.4 Å². The van der Waals surface area contributed by atoms with Crippen molar-refractivity contribution in [3.05, 3.63) is 35.4 Å². The molecule has 31 heavy (non-hydrogen) atoms. The Morgan fingerprint density at radius 3 is 2.42 bits per heavy atom. The molecule has 1 aromatic rings. The highest BCUT2D eigenvalue weighted by Gasteiger charge is 2.50. The molecule has 0 unspecified atom stereocenters. The molecule has 3 amide bonds. The highest BCUT2D eigenvalue weighted by Crippen LogP contribution is 2.23. The van der Waals surface area contributed by atoms with Gasteiger partial charge in [-0.15, -0.1) is 0 Å². The first-order valence-electron chi connectivity index (χ1n) is 10.7. The van der Waals surface area contributed by atoms with E-state index >= 15 is 0 Å². The Morgan fingerprint density at radius 1 is 1.06 bits per heavy atom. The Labute approximate surface area is 183 Å².